The first-order valence-corrected chi connectivity index (χ1v) is 13.8. The maximum Gasteiger partial charge on any atom is 0.210 e. The molecule has 0 aliphatic carbocycles. The fraction of sp³-hybridized carbons (Fsp3) is 0.708. The van der Waals surface area contributed by atoms with E-state index in [0.717, 1.165) is 60.4 Å². The number of aliphatic hydroxyl groups is 3. The molecule has 0 aromatic carbocycles. The van der Waals surface area contributed by atoms with Gasteiger partial charge in [0.15, 0.2) is 13.0 Å². The van der Waals surface area contributed by atoms with Gasteiger partial charge >= 0.3 is 0 Å². The summed E-state index contributed by atoms with van der Waals surface area (Å²) in [5.74, 6) is 0. The first kappa shape index (κ1) is 33.6. The van der Waals surface area contributed by atoms with Crippen LogP contribution in [-0.4, -0.2) is 77.0 Å². The Kier molecular flexibility index (Phi) is 31.4. The van der Waals surface area contributed by atoms with Gasteiger partial charge in [-0.25, -0.2) is 29.9 Å². The minimum absolute atomic E-state index is 0.222. The van der Waals surface area contributed by atoms with Gasteiger partial charge in [-0.3, -0.25) is 0 Å². The normalized spacial score (nSPS) is 13.5. The third-order valence-corrected chi connectivity index (χ3v) is 4.20. The number of aliphatic hydroxyl groups excluding tert-OH is 3. The van der Waals surface area contributed by atoms with Crippen molar-refractivity contribution in [1.29, 1.82) is 5.53 Å². The van der Waals surface area contributed by atoms with Crippen LogP contribution >= 0.6 is 25.0 Å². The molecule has 0 atom stereocenters. The van der Waals surface area contributed by atoms with Crippen LogP contribution in [0.5, 0.6) is 0 Å². The number of nitrogens with zero attached hydrogens (tertiary/aromatic N) is 1. The third kappa shape index (κ3) is 26.0. The number of hydrogen-bond donors (Lipinski definition) is 10. The van der Waals surface area contributed by atoms with Gasteiger partial charge in [0.25, 0.3) is 0 Å². The molecule has 218 valence electrons. The predicted octanol–water partition coefficient (Wildman–Crippen LogP) is 2.44. The van der Waals surface area contributed by atoms with Crippen molar-refractivity contribution in [1.82, 2.24) is 31.2 Å². The molecule has 0 unspecified atom stereocenters. The monoisotopic (exact) mass is 568 g/mol. The van der Waals surface area contributed by atoms with Crippen molar-refractivity contribution in [2.75, 3.05) is 33.2 Å². The van der Waals surface area contributed by atoms with Crippen LogP contribution < -0.4 is 21.3 Å². The van der Waals surface area contributed by atoms with Crippen molar-refractivity contribution in [2.24, 2.45) is 0 Å². The first-order valence-electron chi connectivity index (χ1n) is 14.8. The van der Waals surface area contributed by atoms with E-state index in [1.165, 1.54) is 0 Å². The van der Waals surface area contributed by atoms with E-state index in [4.69, 9.17) is 10.6 Å². The number of thiol groups is 2. The Morgan fingerprint density at radius 2 is 1.27 bits per heavy atom. The van der Waals surface area contributed by atoms with Crippen LogP contribution in [0.25, 0.3) is 0 Å². The van der Waals surface area contributed by atoms with Crippen LogP contribution in [0.4, 0.5) is 0 Å². The Labute approximate surface area is 245 Å². The molecule has 0 radical (unpaired) electrons. The lowest BCUT2D eigenvalue weighted by Crippen LogP contribution is -2.15. The van der Waals surface area contributed by atoms with E-state index >= 15 is 0 Å². The number of rotatable bonds is 8. The molecule has 0 bridgehead atoms. The number of hydrogen-bond acceptors (Lipinski definition) is 10. The molecular weight excluding hydrogens is 506 g/mol. The molecule has 0 fully saturated rings. The van der Waals surface area contributed by atoms with Crippen LogP contribution in [0.2, 0.25) is 13.6 Å². The van der Waals surface area contributed by atoms with E-state index in [-0.39, 0.29) is 19.6 Å². The molecule has 0 amide bonds. The summed E-state index contributed by atoms with van der Waals surface area (Å²) in [7, 11) is 0. The second-order valence-electron chi connectivity index (χ2n) is 6.64. The van der Waals surface area contributed by atoms with Crippen molar-refractivity contribution in [3.05, 3.63) is 40.5 Å². The Morgan fingerprint density at radius 1 is 0.865 bits per heavy atom. The maximum absolute atomic E-state index is 8.54. The number of aryl methyl sites for hydroxylation is 1. The zero-order valence-electron chi connectivity index (χ0n) is 28.5. The summed E-state index contributed by atoms with van der Waals surface area (Å²) in [6.07, 6.45) is 3.88. The van der Waals surface area contributed by atoms with Gasteiger partial charge in [-0.15, -0.1) is 0 Å². The lowest BCUT2D eigenvalue weighted by molar-refractivity contribution is 0.296. The Morgan fingerprint density at radius 3 is 1.57 bits per heavy atom. The topological polar surface area (TPSA) is 137 Å². The van der Waals surface area contributed by atoms with Crippen molar-refractivity contribution < 1.29 is 15.3 Å². The van der Waals surface area contributed by atoms with Gasteiger partial charge in [-0.1, -0.05) is 41.3 Å². The fourth-order valence-corrected chi connectivity index (χ4v) is 2.55. The standard InChI is InChI=1S/2C6H12N2O.C6H10N2O.2C2H6.2CH5BS/c3*1-5-6(2-3-9)8-4-7-5;2*1-2;2*1-2-3/h2*7-9H,2-4H2,1H3;4,9H,2-3H2,1H3,(H,7,8);2*1-2H3;2*2-3H,1H3/i9T;;9T;;;2*2D. The van der Waals surface area contributed by atoms with Crippen LogP contribution in [0.3, 0.4) is 0 Å². The number of H-pyrrole nitrogens is 1. The average Bonchev–Trinajstić information content (AvgIpc) is 3.66. The number of allylic oxidation sites excluding steroid dienone is 2. The Hall–Kier alpha value is -1.40. The second kappa shape index (κ2) is 34.6. The van der Waals surface area contributed by atoms with Crippen molar-refractivity contribution in [2.45, 2.75) is 81.4 Å². The molecule has 2 aliphatic rings. The molecule has 1 aromatic heterocycles. The minimum Gasteiger partial charge on any atom is -0.396 e. The van der Waals surface area contributed by atoms with Gasteiger partial charge in [-0.05, 0) is 23.4 Å². The smallest absolute Gasteiger partial charge is 0.210 e. The van der Waals surface area contributed by atoms with E-state index in [1.54, 1.807) is 20.0 Å². The van der Waals surface area contributed by atoms with Gasteiger partial charge in [0.2, 0.25) is 2.86 Å². The average molecular weight is 569 g/mol. The number of imidazole rings is 1. The largest absolute Gasteiger partial charge is 0.396 e. The second-order valence-corrected chi connectivity index (χ2v) is 7.67. The quantitative estimate of drug-likeness (QED) is 0.171. The van der Waals surface area contributed by atoms with Crippen molar-refractivity contribution >= 4 is 38.0 Å². The summed E-state index contributed by atoms with van der Waals surface area (Å²) in [5, 5.41) is 29.4. The third-order valence-electron chi connectivity index (χ3n) is 4.20. The van der Waals surface area contributed by atoms with Crippen LogP contribution in [0.15, 0.2) is 29.1 Å². The van der Waals surface area contributed by atoms with Crippen molar-refractivity contribution in [3.63, 3.8) is 0 Å². The first-order chi connectivity index (χ1) is 19.5. The summed E-state index contributed by atoms with van der Waals surface area (Å²) in [5.41, 5.74) is 6.65. The molecular formula is C24H56B2N6O3S2. The highest BCUT2D eigenvalue weighted by Gasteiger charge is 2.07. The number of aromatic amines is 1. The van der Waals surface area contributed by atoms with Gasteiger partial charge in [0, 0.05) is 67.6 Å². The molecule has 8 N–H and O–H groups in total. The summed E-state index contributed by atoms with van der Waals surface area (Å²) >= 11 is 7.27. The highest BCUT2D eigenvalue weighted by molar-refractivity contribution is 8.06. The van der Waals surface area contributed by atoms with Gasteiger partial charge < -0.3 is 41.6 Å². The van der Waals surface area contributed by atoms with Crippen molar-refractivity contribution in [3.8, 4) is 0 Å². The molecule has 9 nitrogen and oxygen atoms in total. The SMILES string of the molecule is CC.CC.CC1=C(CCO)NCN1.[2H]B(C)S.[2H]B(C)S.[3H]OCCC1=C(C)NCN1.[3H]OCCc1nc[nH]c1C. The van der Waals surface area contributed by atoms with Crippen LogP contribution in [0.1, 0.15) is 65.8 Å². The van der Waals surface area contributed by atoms with E-state index in [9.17, 15) is 0 Å². The summed E-state index contributed by atoms with van der Waals surface area (Å²) < 4.78 is 25.8. The van der Waals surface area contributed by atoms with Gasteiger partial charge in [-0.2, -0.15) is 0 Å². The molecule has 37 heavy (non-hydrogen) atoms. The maximum atomic E-state index is 8.54. The van der Waals surface area contributed by atoms with Crippen LogP contribution in [-0.2, 0) is 6.42 Å². The van der Waals surface area contributed by atoms with E-state index < -0.39 is 0 Å². The van der Waals surface area contributed by atoms with Gasteiger partial charge in [0.05, 0.1) is 25.4 Å². The molecule has 3 rings (SSSR count). The van der Waals surface area contributed by atoms with E-state index in [1.807, 2.05) is 48.5 Å². The molecule has 3 heterocycles. The molecule has 0 saturated carbocycles. The summed E-state index contributed by atoms with van der Waals surface area (Å²) in [6.45, 7) is 19.6. The Balaban J connectivity index is -0.000000211. The van der Waals surface area contributed by atoms with E-state index in [2.05, 4.69) is 66.4 Å². The number of nitrogens with one attached hydrogen (secondary N) is 5. The fourth-order valence-electron chi connectivity index (χ4n) is 2.55. The zero-order valence-corrected chi connectivity index (χ0v) is 26.3. The predicted molar refractivity (Wildman–Crippen MR) is 172 cm³/mol. The minimum atomic E-state index is -0.222. The lowest BCUT2D eigenvalue weighted by Gasteiger charge is -1.98. The molecule has 1 aromatic rings. The van der Waals surface area contributed by atoms with E-state index in [0.29, 0.717) is 19.6 Å². The summed E-state index contributed by atoms with van der Waals surface area (Å²) in [6, 6.07) is 0. The Bertz CT molecular complexity index is 757. The molecule has 0 saturated heterocycles. The molecule has 2 aliphatic heterocycles. The molecule has 13 heteroatoms. The lowest BCUT2D eigenvalue weighted by atomic mass is 10.2. The zero-order chi connectivity index (χ0) is 32.6. The van der Waals surface area contributed by atoms with Crippen LogP contribution in [0, 0.1) is 6.92 Å². The highest BCUT2D eigenvalue weighted by Crippen LogP contribution is 2.06. The highest BCUT2D eigenvalue weighted by atomic mass is 32.1. The van der Waals surface area contributed by atoms with Gasteiger partial charge in [0.1, 0.15) is 0 Å². The number of aromatic nitrogens is 2. The summed E-state index contributed by atoms with van der Waals surface area (Å²) in [4.78, 5) is 6.98. The molecule has 0 spiro atoms.